The van der Waals surface area contributed by atoms with Crippen LogP contribution in [0.15, 0.2) is 60.9 Å². The van der Waals surface area contributed by atoms with E-state index >= 15 is 0 Å². The number of hydrogen-bond acceptors (Lipinski definition) is 4. The smallest absolute Gasteiger partial charge is 0.277 e. The molecule has 0 atom stereocenters. The van der Waals surface area contributed by atoms with Gasteiger partial charge >= 0.3 is 0 Å². The van der Waals surface area contributed by atoms with Gasteiger partial charge in [0.1, 0.15) is 11.6 Å². The number of aromatic nitrogens is 4. The van der Waals surface area contributed by atoms with E-state index in [1.165, 1.54) is 16.8 Å². The van der Waals surface area contributed by atoms with Gasteiger partial charge in [-0.3, -0.25) is 9.48 Å². The number of carbonyl (C=O) groups excluding carboxylic acids is 1. The van der Waals surface area contributed by atoms with Crippen molar-refractivity contribution in [3.8, 4) is 5.75 Å². The van der Waals surface area contributed by atoms with E-state index in [1.54, 1.807) is 35.3 Å². The molecule has 2 heterocycles. The molecule has 4 aromatic rings. The summed E-state index contributed by atoms with van der Waals surface area (Å²) in [6, 6.07) is 13.3. The zero-order valence-corrected chi connectivity index (χ0v) is 18.3. The molecule has 1 N–H and O–H groups in total. The van der Waals surface area contributed by atoms with Crippen LogP contribution in [0.3, 0.4) is 0 Å². The van der Waals surface area contributed by atoms with E-state index in [1.807, 2.05) is 32.0 Å². The van der Waals surface area contributed by atoms with Crippen molar-refractivity contribution >= 4 is 23.3 Å². The second-order valence-corrected chi connectivity index (χ2v) is 7.75. The fourth-order valence-electron chi connectivity index (χ4n) is 3.20. The number of halogens is 2. The van der Waals surface area contributed by atoms with Crippen LogP contribution in [0.2, 0.25) is 5.02 Å². The van der Waals surface area contributed by atoms with Crippen molar-refractivity contribution in [2.24, 2.45) is 0 Å². The van der Waals surface area contributed by atoms with Crippen LogP contribution in [0.5, 0.6) is 5.75 Å². The number of ether oxygens (including phenoxy) is 1. The lowest BCUT2D eigenvalue weighted by Gasteiger charge is -2.10. The Labute approximate surface area is 189 Å². The summed E-state index contributed by atoms with van der Waals surface area (Å²) in [5.74, 6) is 0.362. The molecule has 2 aromatic heterocycles. The molecule has 0 saturated carbocycles. The summed E-state index contributed by atoms with van der Waals surface area (Å²) in [4.78, 5) is 12.5. The number of carbonyl (C=O) groups is 1. The summed E-state index contributed by atoms with van der Waals surface area (Å²) >= 11 is 6.18. The normalized spacial score (nSPS) is 10.9. The monoisotopic (exact) mass is 453 g/mol. The fraction of sp³-hybridized carbons (Fsp3) is 0.174. The van der Waals surface area contributed by atoms with Gasteiger partial charge in [-0.1, -0.05) is 23.7 Å². The van der Waals surface area contributed by atoms with Gasteiger partial charge in [-0.15, -0.1) is 0 Å². The molecule has 4 rings (SSSR count). The highest BCUT2D eigenvalue weighted by atomic mass is 35.5. The molecule has 0 spiro atoms. The first kappa shape index (κ1) is 21.6. The lowest BCUT2D eigenvalue weighted by molar-refractivity contribution is 0.101. The first-order chi connectivity index (χ1) is 15.4. The summed E-state index contributed by atoms with van der Waals surface area (Å²) in [5, 5.41) is 12.0. The highest BCUT2D eigenvalue weighted by Crippen LogP contribution is 2.26. The minimum absolute atomic E-state index is 0.149. The van der Waals surface area contributed by atoms with E-state index in [2.05, 4.69) is 15.5 Å². The zero-order chi connectivity index (χ0) is 22.7. The molecule has 164 valence electrons. The van der Waals surface area contributed by atoms with Gasteiger partial charge < -0.3 is 10.1 Å². The largest absolute Gasteiger partial charge is 0.471 e. The third-order valence-electron chi connectivity index (χ3n) is 4.76. The average Bonchev–Trinajstić information content (AvgIpc) is 3.40. The molecule has 0 fully saturated rings. The molecule has 0 unspecified atom stereocenters. The van der Waals surface area contributed by atoms with Crippen LogP contribution in [-0.4, -0.2) is 25.5 Å². The summed E-state index contributed by atoms with van der Waals surface area (Å²) in [7, 11) is 0. The van der Waals surface area contributed by atoms with Gasteiger partial charge in [0, 0.05) is 23.5 Å². The Hall–Kier alpha value is -3.65. The molecular formula is C23H21ClFN5O2. The maximum atomic E-state index is 13.3. The topological polar surface area (TPSA) is 74.0 Å². The Morgan fingerprint density at radius 3 is 2.56 bits per heavy atom. The number of nitrogens with zero attached hydrogens (tertiary/aromatic N) is 4. The third-order valence-corrected chi connectivity index (χ3v) is 5.36. The molecule has 9 heteroatoms. The van der Waals surface area contributed by atoms with Crippen molar-refractivity contribution in [2.45, 2.75) is 27.1 Å². The quantitative estimate of drug-likeness (QED) is 0.435. The summed E-state index contributed by atoms with van der Waals surface area (Å²) in [6.07, 6.45) is 3.37. The number of benzene rings is 2. The fourth-order valence-corrected chi connectivity index (χ4v) is 3.31. The maximum absolute atomic E-state index is 13.3. The van der Waals surface area contributed by atoms with Crippen LogP contribution in [0.4, 0.5) is 10.2 Å². The Bertz CT molecular complexity index is 1240. The minimum Gasteiger partial charge on any atom is -0.471 e. The molecule has 0 aliphatic rings. The van der Waals surface area contributed by atoms with Crippen molar-refractivity contribution < 1.29 is 13.9 Å². The number of amides is 1. The van der Waals surface area contributed by atoms with E-state index in [4.69, 9.17) is 16.3 Å². The Balaban J connectivity index is 1.34. The number of nitrogens with one attached hydrogen (secondary N) is 1. The molecule has 0 saturated heterocycles. The van der Waals surface area contributed by atoms with Crippen molar-refractivity contribution in [3.05, 3.63) is 94.1 Å². The second kappa shape index (κ2) is 9.23. The Kier molecular flexibility index (Phi) is 6.23. The molecule has 1 amide bonds. The van der Waals surface area contributed by atoms with E-state index < -0.39 is 5.91 Å². The van der Waals surface area contributed by atoms with Crippen LogP contribution in [0.25, 0.3) is 0 Å². The van der Waals surface area contributed by atoms with Crippen molar-refractivity contribution in [2.75, 3.05) is 5.32 Å². The second-order valence-electron chi connectivity index (χ2n) is 7.37. The minimum atomic E-state index is -0.391. The Morgan fingerprint density at radius 1 is 1.06 bits per heavy atom. The molecule has 0 aliphatic heterocycles. The third kappa shape index (κ3) is 5.15. The number of anilines is 1. The Morgan fingerprint density at radius 2 is 1.81 bits per heavy atom. The standard InChI is InChI=1S/C23H21ClFN5O2/c1-15-10-19(11-16(2)22(15)24)32-14-30-8-6-20(27-30)23(31)26-21-7-9-29(28-21)13-17-4-3-5-18(25)12-17/h3-12H,13-14H2,1-2H3,(H,26,28,31). The van der Waals surface area contributed by atoms with Crippen LogP contribution < -0.4 is 10.1 Å². The van der Waals surface area contributed by atoms with Crippen LogP contribution in [0, 0.1) is 19.7 Å². The van der Waals surface area contributed by atoms with E-state index in [0.29, 0.717) is 23.1 Å². The molecule has 0 aliphatic carbocycles. The van der Waals surface area contributed by atoms with Gasteiger partial charge in [0.25, 0.3) is 5.91 Å². The van der Waals surface area contributed by atoms with Gasteiger partial charge in [0.15, 0.2) is 18.2 Å². The summed E-state index contributed by atoms with van der Waals surface area (Å²) in [6.45, 7) is 4.37. The summed E-state index contributed by atoms with van der Waals surface area (Å²) < 4.78 is 22.2. The van der Waals surface area contributed by atoms with Crippen LogP contribution in [-0.2, 0) is 13.3 Å². The van der Waals surface area contributed by atoms with Gasteiger partial charge in [0.05, 0.1) is 6.54 Å². The molecule has 7 nitrogen and oxygen atoms in total. The molecule has 0 bridgehead atoms. The number of hydrogen-bond donors (Lipinski definition) is 1. The lowest BCUT2D eigenvalue weighted by atomic mass is 10.1. The van der Waals surface area contributed by atoms with Crippen LogP contribution in [0.1, 0.15) is 27.2 Å². The van der Waals surface area contributed by atoms with Gasteiger partial charge in [0.2, 0.25) is 0 Å². The summed E-state index contributed by atoms with van der Waals surface area (Å²) in [5.41, 5.74) is 2.87. The highest BCUT2D eigenvalue weighted by molar-refractivity contribution is 6.32. The maximum Gasteiger partial charge on any atom is 0.277 e. The average molecular weight is 454 g/mol. The van der Waals surface area contributed by atoms with Crippen LogP contribution >= 0.6 is 11.6 Å². The predicted octanol–water partition coefficient (Wildman–Crippen LogP) is 4.83. The number of aryl methyl sites for hydroxylation is 2. The first-order valence-corrected chi connectivity index (χ1v) is 10.3. The predicted molar refractivity (Wildman–Crippen MR) is 119 cm³/mol. The molecule has 32 heavy (non-hydrogen) atoms. The van der Waals surface area contributed by atoms with Crippen molar-refractivity contribution in [1.29, 1.82) is 0 Å². The molecular weight excluding hydrogens is 433 g/mol. The van der Waals surface area contributed by atoms with Crippen molar-refractivity contribution in [1.82, 2.24) is 19.6 Å². The van der Waals surface area contributed by atoms with E-state index in [9.17, 15) is 9.18 Å². The highest BCUT2D eigenvalue weighted by Gasteiger charge is 2.12. The van der Waals surface area contributed by atoms with Gasteiger partial charge in [-0.05, 0) is 60.9 Å². The molecule has 2 aromatic carbocycles. The number of rotatable bonds is 7. The lowest BCUT2D eigenvalue weighted by Crippen LogP contribution is -2.15. The first-order valence-electron chi connectivity index (χ1n) is 9.89. The van der Waals surface area contributed by atoms with Crippen molar-refractivity contribution in [3.63, 3.8) is 0 Å². The molecule has 0 radical (unpaired) electrons. The van der Waals surface area contributed by atoms with Gasteiger partial charge in [-0.2, -0.15) is 10.2 Å². The van der Waals surface area contributed by atoms with E-state index in [-0.39, 0.29) is 18.2 Å². The zero-order valence-electron chi connectivity index (χ0n) is 17.5. The van der Waals surface area contributed by atoms with Gasteiger partial charge in [-0.25, -0.2) is 9.07 Å². The van der Waals surface area contributed by atoms with E-state index in [0.717, 1.165) is 16.7 Å². The SMILES string of the molecule is Cc1cc(OCn2ccc(C(=O)Nc3ccn(Cc4cccc(F)c4)n3)n2)cc(C)c1Cl.